The van der Waals surface area contributed by atoms with E-state index in [1.165, 1.54) is 33.0 Å². The SMILES string of the molecule is CC1c2ccccc2-c2c1ccc1c2oc2ccccc21. The molecule has 0 fully saturated rings. The first-order valence-electron chi connectivity index (χ1n) is 7.38. The van der Waals surface area contributed by atoms with E-state index in [4.69, 9.17) is 4.42 Å². The average Bonchev–Trinajstić information content (AvgIpc) is 3.04. The average molecular weight is 270 g/mol. The molecule has 0 amide bonds. The summed E-state index contributed by atoms with van der Waals surface area (Å²) in [5, 5.41) is 2.42. The van der Waals surface area contributed by atoms with E-state index in [-0.39, 0.29) is 0 Å². The van der Waals surface area contributed by atoms with Crippen molar-refractivity contribution >= 4 is 21.9 Å². The fraction of sp³-hybridized carbons (Fsp3) is 0.100. The van der Waals surface area contributed by atoms with E-state index in [2.05, 4.69) is 55.5 Å². The Morgan fingerprint density at radius 2 is 1.57 bits per heavy atom. The molecule has 0 spiro atoms. The molecule has 0 radical (unpaired) electrons. The van der Waals surface area contributed by atoms with Crippen LogP contribution in [0.25, 0.3) is 33.1 Å². The number of furan rings is 1. The molecular formula is C20H14O. The quantitative estimate of drug-likeness (QED) is 0.398. The lowest BCUT2D eigenvalue weighted by atomic mass is 9.98. The van der Waals surface area contributed by atoms with Crippen molar-refractivity contribution in [2.24, 2.45) is 0 Å². The molecule has 5 rings (SSSR count). The van der Waals surface area contributed by atoms with Gasteiger partial charge in [0.05, 0.1) is 0 Å². The summed E-state index contributed by atoms with van der Waals surface area (Å²) in [6.45, 7) is 2.28. The minimum Gasteiger partial charge on any atom is -0.455 e. The second kappa shape index (κ2) is 3.76. The van der Waals surface area contributed by atoms with Crippen LogP contribution < -0.4 is 0 Å². The monoisotopic (exact) mass is 270 g/mol. The Balaban J connectivity index is 2.00. The highest BCUT2D eigenvalue weighted by Gasteiger charge is 2.28. The van der Waals surface area contributed by atoms with Crippen molar-refractivity contribution in [1.82, 2.24) is 0 Å². The van der Waals surface area contributed by atoms with Crippen LogP contribution >= 0.6 is 0 Å². The van der Waals surface area contributed by atoms with Crippen molar-refractivity contribution in [3.8, 4) is 11.1 Å². The molecule has 0 saturated heterocycles. The summed E-state index contributed by atoms with van der Waals surface area (Å²) in [6.07, 6.45) is 0. The largest absolute Gasteiger partial charge is 0.455 e. The van der Waals surface area contributed by atoms with Crippen molar-refractivity contribution in [3.05, 3.63) is 71.8 Å². The normalized spacial score (nSPS) is 16.3. The molecule has 1 aromatic heterocycles. The van der Waals surface area contributed by atoms with E-state index in [0.29, 0.717) is 5.92 Å². The number of hydrogen-bond acceptors (Lipinski definition) is 1. The fourth-order valence-corrected chi connectivity index (χ4v) is 3.71. The lowest BCUT2D eigenvalue weighted by Crippen LogP contribution is -1.88. The van der Waals surface area contributed by atoms with Gasteiger partial charge in [0.1, 0.15) is 11.2 Å². The zero-order valence-electron chi connectivity index (χ0n) is 11.8. The Morgan fingerprint density at radius 3 is 2.52 bits per heavy atom. The fourth-order valence-electron chi connectivity index (χ4n) is 3.71. The molecule has 100 valence electrons. The molecule has 1 nitrogen and oxygen atoms in total. The smallest absolute Gasteiger partial charge is 0.143 e. The predicted octanol–water partition coefficient (Wildman–Crippen LogP) is 5.72. The molecule has 1 atom stereocenters. The summed E-state index contributed by atoms with van der Waals surface area (Å²) in [4.78, 5) is 0. The lowest BCUT2D eigenvalue weighted by Gasteiger charge is -2.05. The summed E-state index contributed by atoms with van der Waals surface area (Å²) in [5.74, 6) is 0.439. The molecular weight excluding hydrogens is 256 g/mol. The first-order valence-corrected chi connectivity index (χ1v) is 7.38. The van der Waals surface area contributed by atoms with E-state index >= 15 is 0 Å². The first kappa shape index (κ1) is 11.2. The van der Waals surface area contributed by atoms with Crippen LogP contribution in [0.1, 0.15) is 24.0 Å². The molecule has 1 aliphatic carbocycles. The number of rotatable bonds is 0. The second-order valence-corrected chi connectivity index (χ2v) is 5.81. The van der Waals surface area contributed by atoms with Crippen LogP contribution in [0, 0.1) is 0 Å². The van der Waals surface area contributed by atoms with Gasteiger partial charge in [0.2, 0.25) is 0 Å². The topological polar surface area (TPSA) is 13.1 Å². The van der Waals surface area contributed by atoms with Gasteiger partial charge in [-0.15, -0.1) is 0 Å². The molecule has 1 heteroatoms. The molecule has 4 aromatic rings. The summed E-state index contributed by atoms with van der Waals surface area (Å²) in [6, 6.07) is 21.4. The van der Waals surface area contributed by atoms with E-state index < -0.39 is 0 Å². The van der Waals surface area contributed by atoms with Crippen molar-refractivity contribution < 1.29 is 4.42 Å². The van der Waals surface area contributed by atoms with Gasteiger partial charge >= 0.3 is 0 Å². The van der Waals surface area contributed by atoms with Gasteiger partial charge in [-0.2, -0.15) is 0 Å². The third-order valence-electron chi connectivity index (χ3n) is 4.74. The van der Waals surface area contributed by atoms with Gasteiger partial charge in [0.15, 0.2) is 0 Å². The molecule has 0 saturated carbocycles. The predicted molar refractivity (Wildman–Crippen MR) is 86.7 cm³/mol. The minimum atomic E-state index is 0.439. The Bertz CT molecular complexity index is 1010. The second-order valence-electron chi connectivity index (χ2n) is 5.81. The van der Waals surface area contributed by atoms with E-state index in [9.17, 15) is 0 Å². The summed E-state index contributed by atoms with van der Waals surface area (Å²) in [7, 11) is 0. The van der Waals surface area contributed by atoms with Crippen LogP contribution in [-0.4, -0.2) is 0 Å². The number of para-hydroxylation sites is 1. The highest BCUT2D eigenvalue weighted by atomic mass is 16.3. The molecule has 0 aliphatic heterocycles. The van der Waals surface area contributed by atoms with Crippen molar-refractivity contribution in [3.63, 3.8) is 0 Å². The van der Waals surface area contributed by atoms with Gasteiger partial charge in [0.25, 0.3) is 0 Å². The van der Waals surface area contributed by atoms with Crippen molar-refractivity contribution in [2.75, 3.05) is 0 Å². The highest BCUT2D eigenvalue weighted by molar-refractivity contribution is 6.11. The van der Waals surface area contributed by atoms with Crippen LogP contribution in [-0.2, 0) is 0 Å². The van der Waals surface area contributed by atoms with Crippen LogP contribution in [0.4, 0.5) is 0 Å². The lowest BCUT2D eigenvalue weighted by molar-refractivity contribution is 0.669. The summed E-state index contributed by atoms with van der Waals surface area (Å²) in [5.41, 5.74) is 7.39. The van der Waals surface area contributed by atoms with E-state index in [1.807, 2.05) is 12.1 Å². The van der Waals surface area contributed by atoms with Gasteiger partial charge in [-0.25, -0.2) is 0 Å². The zero-order valence-corrected chi connectivity index (χ0v) is 11.8. The molecule has 3 aromatic carbocycles. The maximum absolute atomic E-state index is 6.20. The zero-order chi connectivity index (χ0) is 14.0. The number of benzene rings is 3. The Hall–Kier alpha value is -2.54. The van der Waals surface area contributed by atoms with E-state index in [0.717, 1.165) is 11.2 Å². The van der Waals surface area contributed by atoms with Crippen LogP contribution in [0.5, 0.6) is 0 Å². The first-order chi connectivity index (χ1) is 10.3. The van der Waals surface area contributed by atoms with Crippen LogP contribution in [0.15, 0.2) is 65.1 Å². The van der Waals surface area contributed by atoms with Gasteiger partial charge in [-0.1, -0.05) is 61.5 Å². The Labute approximate surface area is 122 Å². The molecule has 1 heterocycles. The van der Waals surface area contributed by atoms with Gasteiger partial charge in [-0.3, -0.25) is 0 Å². The summed E-state index contributed by atoms with van der Waals surface area (Å²) < 4.78 is 6.20. The van der Waals surface area contributed by atoms with Gasteiger partial charge in [-0.05, 0) is 22.8 Å². The highest BCUT2D eigenvalue weighted by Crippen LogP contribution is 2.49. The van der Waals surface area contributed by atoms with Crippen LogP contribution in [0.2, 0.25) is 0 Å². The molecule has 21 heavy (non-hydrogen) atoms. The van der Waals surface area contributed by atoms with Crippen molar-refractivity contribution in [1.29, 1.82) is 0 Å². The summed E-state index contributed by atoms with van der Waals surface area (Å²) >= 11 is 0. The minimum absolute atomic E-state index is 0.439. The third-order valence-corrected chi connectivity index (χ3v) is 4.74. The third kappa shape index (κ3) is 1.31. The molecule has 0 N–H and O–H groups in total. The van der Waals surface area contributed by atoms with Crippen LogP contribution in [0.3, 0.4) is 0 Å². The molecule has 1 aliphatic rings. The van der Waals surface area contributed by atoms with E-state index in [1.54, 1.807) is 0 Å². The number of hydrogen-bond donors (Lipinski definition) is 0. The standard InChI is InChI=1S/C20H14O/c1-12-13-6-2-3-8-16(13)19-14(12)10-11-17-15-7-4-5-9-18(15)21-20(17)19/h2-12H,1H3. The Kier molecular flexibility index (Phi) is 2.00. The maximum Gasteiger partial charge on any atom is 0.143 e. The molecule has 0 bridgehead atoms. The molecule has 1 unspecified atom stereocenters. The number of fused-ring (bicyclic) bond motifs is 7. The van der Waals surface area contributed by atoms with Crippen molar-refractivity contribution in [2.45, 2.75) is 12.8 Å². The maximum atomic E-state index is 6.20. The van der Waals surface area contributed by atoms with Gasteiger partial charge < -0.3 is 4.42 Å². The van der Waals surface area contributed by atoms with Gasteiger partial charge in [0, 0.05) is 22.3 Å². The Morgan fingerprint density at radius 1 is 0.762 bits per heavy atom.